The summed E-state index contributed by atoms with van der Waals surface area (Å²) in [7, 11) is 0. The second kappa shape index (κ2) is 6.76. The van der Waals surface area contributed by atoms with Crippen molar-refractivity contribution in [3.05, 3.63) is 22.5 Å². The van der Waals surface area contributed by atoms with Crippen LogP contribution < -0.4 is 5.32 Å². The molecule has 2 aromatic heterocycles. The molecule has 2 rings (SSSR count). The van der Waals surface area contributed by atoms with Crippen LogP contribution in [0.2, 0.25) is 0 Å². The molecule has 0 aromatic carbocycles. The molecule has 1 amide bonds. The molecule has 1 N–H and O–H groups in total. The Kier molecular flexibility index (Phi) is 5.02. The number of hydrogen-bond donors (Lipinski definition) is 1. The van der Waals surface area contributed by atoms with Crippen molar-refractivity contribution in [2.24, 2.45) is 0 Å². The number of thioether (sulfide) groups is 1. The number of aromatic nitrogens is 4. The minimum Gasteiger partial charge on any atom is -0.300 e. The molecule has 2 heterocycles. The van der Waals surface area contributed by atoms with Gasteiger partial charge in [0.2, 0.25) is 11.0 Å². The number of carbonyl (C=O) groups is 1. The number of hydrogen-bond acceptors (Lipinski definition) is 7. The van der Waals surface area contributed by atoms with E-state index < -0.39 is 0 Å². The normalized spacial score (nSPS) is 10.6. The van der Waals surface area contributed by atoms with Gasteiger partial charge in [-0.15, -0.1) is 10.2 Å². The van der Waals surface area contributed by atoms with Gasteiger partial charge in [-0.3, -0.25) is 10.1 Å². The zero-order valence-electron chi connectivity index (χ0n) is 11.5. The van der Waals surface area contributed by atoms with Gasteiger partial charge in [0.25, 0.3) is 0 Å². The fourth-order valence-corrected chi connectivity index (χ4v) is 2.94. The van der Waals surface area contributed by atoms with Gasteiger partial charge in [-0.05, 0) is 26.3 Å². The van der Waals surface area contributed by atoms with Crippen LogP contribution in [0.1, 0.15) is 23.3 Å². The summed E-state index contributed by atoms with van der Waals surface area (Å²) in [6, 6.07) is 1.90. The number of rotatable bonds is 5. The Hall–Kier alpha value is -1.54. The summed E-state index contributed by atoms with van der Waals surface area (Å²) < 4.78 is 0. The van der Waals surface area contributed by atoms with E-state index >= 15 is 0 Å². The van der Waals surface area contributed by atoms with Gasteiger partial charge < -0.3 is 0 Å². The first kappa shape index (κ1) is 14.9. The monoisotopic (exact) mass is 309 g/mol. The third-order valence-corrected chi connectivity index (χ3v) is 4.14. The first-order valence-electron chi connectivity index (χ1n) is 6.14. The molecule has 6 nitrogen and oxygen atoms in total. The van der Waals surface area contributed by atoms with Crippen molar-refractivity contribution in [3.63, 3.8) is 0 Å². The Balaban J connectivity index is 1.88. The number of nitrogens with one attached hydrogen (secondary N) is 1. The summed E-state index contributed by atoms with van der Waals surface area (Å²) in [6.45, 7) is 5.82. The number of carbonyl (C=O) groups excluding carboxylic acids is 1. The van der Waals surface area contributed by atoms with E-state index in [1.165, 1.54) is 23.1 Å². The molecular weight excluding hydrogens is 294 g/mol. The van der Waals surface area contributed by atoms with E-state index in [4.69, 9.17) is 0 Å². The average Bonchev–Trinajstić information content (AvgIpc) is 2.83. The molecule has 0 aliphatic rings. The predicted octanol–water partition coefficient (Wildman–Crippen LogP) is 2.24. The number of aryl methyl sites for hydroxylation is 3. The maximum atomic E-state index is 11.8. The summed E-state index contributed by atoms with van der Waals surface area (Å²) in [5, 5.41) is 12.6. The van der Waals surface area contributed by atoms with Gasteiger partial charge in [0.05, 0.1) is 5.75 Å². The van der Waals surface area contributed by atoms with Gasteiger partial charge in [-0.2, -0.15) is 0 Å². The molecule has 0 fully saturated rings. The summed E-state index contributed by atoms with van der Waals surface area (Å²) in [6.07, 6.45) is 0.818. The third-order valence-electron chi connectivity index (χ3n) is 2.31. The Morgan fingerprint density at radius 3 is 2.60 bits per heavy atom. The highest BCUT2D eigenvalue weighted by molar-refractivity contribution is 7.99. The molecule has 0 bridgehead atoms. The van der Waals surface area contributed by atoms with Gasteiger partial charge in [0.1, 0.15) is 5.01 Å². The summed E-state index contributed by atoms with van der Waals surface area (Å²) in [5.41, 5.74) is 1.80. The molecule has 20 heavy (non-hydrogen) atoms. The Bertz CT molecular complexity index is 593. The number of nitrogens with zero attached hydrogens (tertiary/aromatic N) is 4. The van der Waals surface area contributed by atoms with Crippen molar-refractivity contribution in [2.45, 2.75) is 32.3 Å². The van der Waals surface area contributed by atoms with Crippen LogP contribution in [-0.2, 0) is 11.2 Å². The zero-order valence-corrected chi connectivity index (χ0v) is 13.1. The smallest absolute Gasteiger partial charge is 0.236 e. The molecule has 0 spiro atoms. The van der Waals surface area contributed by atoms with Crippen molar-refractivity contribution in [2.75, 3.05) is 11.1 Å². The minimum atomic E-state index is -0.128. The van der Waals surface area contributed by atoms with E-state index in [9.17, 15) is 4.79 Å². The largest absolute Gasteiger partial charge is 0.300 e. The zero-order chi connectivity index (χ0) is 14.5. The van der Waals surface area contributed by atoms with Crippen LogP contribution in [0.15, 0.2) is 11.2 Å². The Labute approximate surface area is 125 Å². The lowest BCUT2D eigenvalue weighted by atomic mass is 10.4. The standard InChI is InChI=1S/C12H15N5OS2/c1-4-10-16-17-12(20-10)15-9(18)6-19-11-13-7(2)5-8(3)14-11/h5H,4,6H2,1-3H3,(H,15,17,18). The molecule has 0 aliphatic heterocycles. The Morgan fingerprint density at radius 1 is 1.30 bits per heavy atom. The van der Waals surface area contributed by atoms with Gasteiger partial charge in [0, 0.05) is 11.4 Å². The second-order valence-corrected chi connectivity index (χ2v) is 6.13. The van der Waals surface area contributed by atoms with E-state index in [0.29, 0.717) is 10.3 Å². The van der Waals surface area contributed by atoms with Crippen LogP contribution >= 0.6 is 23.1 Å². The molecule has 0 radical (unpaired) electrons. The van der Waals surface area contributed by atoms with E-state index in [1.54, 1.807) is 0 Å². The first-order chi connectivity index (χ1) is 9.56. The van der Waals surface area contributed by atoms with E-state index in [0.717, 1.165) is 22.8 Å². The first-order valence-corrected chi connectivity index (χ1v) is 7.94. The van der Waals surface area contributed by atoms with Crippen molar-refractivity contribution in [1.29, 1.82) is 0 Å². The van der Waals surface area contributed by atoms with Crippen LogP contribution in [-0.4, -0.2) is 31.8 Å². The lowest BCUT2D eigenvalue weighted by Crippen LogP contribution is -2.14. The highest BCUT2D eigenvalue weighted by Crippen LogP contribution is 2.17. The van der Waals surface area contributed by atoms with Crippen LogP contribution in [0.4, 0.5) is 5.13 Å². The lowest BCUT2D eigenvalue weighted by molar-refractivity contribution is -0.113. The highest BCUT2D eigenvalue weighted by atomic mass is 32.2. The maximum absolute atomic E-state index is 11.8. The van der Waals surface area contributed by atoms with Gasteiger partial charge >= 0.3 is 0 Å². The third kappa shape index (κ3) is 4.24. The van der Waals surface area contributed by atoms with Crippen molar-refractivity contribution >= 4 is 34.1 Å². The minimum absolute atomic E-state index is 0.128. The van der Waals surface area contributed by atoms with Crippen molar-refractivity contribution < 1.29 is 4.79 Å². The van der Waals surface area contributed by atoms with Crippen LogP contribution in [0.3, 0.4) is 0 Å². The second-order valence-electron chi connectivity index (χ2n) is 4.12. The fraction of sp³-hybridized carbons (Fsp3) is 0.417. The summed E-state index contributed by atoms with van der Waals surface area (Å²) >= 11 is 2.70. The molecule has 8 heteroatoms. The molecule has 0 aliphatic carbocycles. The molecular formula is C12H15N5OS2. The van der Waals surface area contributed by atoms with Gasteiger partial charge in [0.15, 0.2) is 5.16 Å². The van der Waals surface area contributed by atoms with Crippen LogP contribution in [0, 0.1) is 13.8 Å². The maximum Gasteiger partial charge on any atom is 0.236 e. The van der Waals surface area contributed by atoms with Crippen molar-refractivity contribution in [1.82, 2.24) is 20.2 Å². The summed E-state index contributed by atoms with van der Waals surface area (Å²) in [5.74, 6) is 0.126. The SMILES string of the molecule is CCc1nnc(NC(=O)CSc2nc(C)cc(C)n2)s1. The molecule has 106 valence electrons. The highest BCUT2D eigenvalue weighted by Gasteiger charge is 2.09. The van der Waals surface area contributed by atoms with Crippen LogP contribution in [0.5, 0.6) is 0 Å². The molecule has 2 aromatic rings. The molecule has 0 saturated heterocycles. The quantitative estimate of drug-likeness (QED) is 0.674. The van der Waals surface area contributed by atoms with Crippen molar-refractivity contribution in [3.8, 4) is 0 Å². The topological polar surface area (TPSA) is 80.7 Å². The average molecular weight is 309 g/mol. The number of anilines is 1. The van der Waals surface area contributed by atoms with E-state index in [2.05, 4.69) is 25.5 Å². The fourth-order valence-electron chi connectivity index (χ4n) is 1.49. The van der Waals surface area contributed by atoms with Gasteiger partial charge in [-0.1, -0.05) is 30.0 Å². The summed E-state index contributed by atoms with van der Waals surface area (Å²) in [4.78, 5) is 20.4. The predicted molar refractivity (Wildman–Crippen MR) is 80.1 cm³/mol. The van der Waals surface area contributed by atoms with E-state index in [1.807, 2.05) is 26.8 Å². The Morgan fingerprint density at radius 2 is 2.00 bits per heavy atom. The molecule has 0 saturated carbocycles. The molecule has 0 atom stereocenters. The molecule has 0 unspecified atom stereocenters. The van der Waals surface area contributed by atoms with Crippen LogP contribution in [0.25, 0.3) is 0 Å². The number of amides is 1. The van der Waals surface area contributed by atoms with Gasteiger partial charge in [-0.25, -0.2) is 9.97 Å². The van der Waals surface area contributed by atoms with E-state index in [-0.39, 0.29) is 11.7 Å². The lowest BCUT2D eigenvalue weighted by Gasteiger charge is -2.02.